The molecule has 1 aromatic carbocycles. The van der Waals surface area contributed by atoms with Gasteiger partial charge in [-0.2, -0.15) is 0 Å². The molecule has 0 bridgehead atoms. The van der Waals surface area contributed by atoms with E-state index in [1.807, 2.05) is 18.2 Å². The van der Waals surface area contributed by atoms with Crippen LogP contribution in [0.2, 0.25) is 0 Å². The fraction of sp³-hybridized carbons (Fsp3) is 0.143. The number of aliphatic hydroxyl groups excluding tert-OH is 1. The minimum atomic E-state index is -0.0348. The smallest absolute Gasteiger partial charge is 0.137 e. The second-order valence-corrected chi connectivity index (χ2v) is 3.64. The van der Waals surface area contributed by atoms with Crippen molar-refractivity contribution in [2.75, 3.05) is 7.11 Å². The molecule has 0 spiro atoms. The summed E-state index contributed by atoms with van der Waals surface area (Å²) < 4.78 is 10.7. The maximum absolute atomic E-state index is 9.02. The van der Waals surface area contributed by atoms with Crippen LogP contribution in [0.3, 0.4) is 0 Å². The molecule has 0 aliphatic carbocycles. The molecule has 17 heavy (non-hydrogen) atoms. The van der Waals surface area contributed by atoms with Crippen molar-refractivity contribution in [3.63, 3.8) is 0 Å². The van der Waals surface area contributed by atoms with Crippen LogP contribution < -0.4 is 4.74 Å². The zero-order valence-corrected chi connectivity index (χ0v) is 9.64. The van der Waals surface area contributed by atoms with Gasteiger partial charge in [-0.1, -0.05) is 18.7 Å². The largest absolute Gasteiger partial charge is 0.496 e. The Labute approximate surface area is 100.0 Å². The number of benzene rings is 1. The molecule has 3 nitrogen and oxygen atoms in total. The highest BCUT2D eigenvalue weighted by Gasteiger charge is 2.10. The van der Waals surface area contributed by atoms with Crippen molar-refractivity contribution in [2.45, 2.75) is 6.61 Å². The van der Waals surface area contributed by atoms with Crippen molar-refractivity contribution in [1.82, 2.24) is 0 Å². The highest BCUT2D eigenvalue weighted by molar-refractivity contribution is 5.70. The average molecular weight is 230 g/mol. The predicted molar refractivity (Wildman–Crippen MR) is 66.7 cm³/mol. The summed E-state index contributed by atoms with van der Waals surface area (Å²) in [5, 5.41) is 9.02. The number of methoxy groups -OCH3 is 1. The first-order valence-electron chi connectivity index (χ1n) is 5.27. The lowest BCUT2D eigenvalue weighted by molar-refractivity contribution is 0.280. The number of hydrogen-bond acceptors (Lipinski definition) is 3. The van der Waals surface area contributed by atoms with Gasteiger partial charge in [0.25, 0.3) is 0 Å². The van der Waals surface area contributed by atoms with Crippen molar-refractivity contribution >= 4 is 6.08 Å². The quantitative estimate of drug-likeness (QED) is 0.877. The summed E-state index contributed by atoms with van der Waals surface area (Å²) >= 11 is 0. The van der Waals surface area contributed by atoms with Crippen LogP contribution in [0.15, 0.2) is 41.5 Å². The van der Waals surface area contributed by atoms with E-state index in [0.29, 0.717) is 5.76 Å². The fourth-order valence-corrected chi connectivity index (χ4v) is 1.64. The molecule has 0 unspecified atom stereocenters. The van der Waals surface area contributed by atoms with Crippen LogP contribution in [-0.2, 0) is 6.61 Å². The van der Waals surface area contributed by atoms with E-state index in [4.69, 9.17) is 14.3 Å². The van der Waals surface area contributed by atoms with Crippen molar-refractivity contribution in [3.8, 4) is 17.1 Å². The van der Waals surface area contributed by atoms with Gasteiger partial charge in [0.05, 0.1) is 25.5 Å². The van der Waals surface area contributed by atoms with Crippen LogP contribution >= 0.6 is 0 Å². The molecule has 0 aliphatic rings. The summed E-state index contributed by atoms with van der Waals surface area (Å²) in [6.45, 7) is 3.70. The van der Waals surface area contributed by atoms with Gasteiger partial charge in [-0.05, 0) is 23.8 Å². The van der Waals surface area contributed by atoms with Crippen LogP contribution in [0.25, 0.3) is 17.4 Å². The van der Waals surface area contributed by atoms with E-state index in [-0.39, 0.29) is 6.61 Å². The van der Waals surface area contributed by atoms with E-state index < -0.39 is 0 Å². The Morgan fingerprint density at radius 1 is 1.41 bits per heavy atom. The number of rotatable bonds is 4. The number of aliphatic hydroxyl groups is 1. The highest BCUT2D eigenvalue weighted by atomic mass is 16.5. The van der Waals surface area contributed by atoms with Crippen LogP contribution in [0.1, 0.15) is 11.1 Å². The molecule has 1 N–H and O–H groups in total. The van der Waals surface area contributed by atoms with Gasteiger partial charge in [-0.15, -0.1) is 0 Å². The standard InChI is InChI=1S/C14H14O3/c1-3-10-4-5-13(16-2)12(6-10)14-7-11(8-15)9-17-14/h3-7,9,15H,1,8H2,2H3. The Balaban J connectivity index is 2.51. The lowest BCUT2D eigenvalue weighted by atomic mass is 10.1. The second-order valence-electron chi connectivity index (χ2n) is 3.64. The Kier molecular flexibility index (Phi) is 3.30. The van der Waals surface area contributed by atoms with E-state index in [1.54, 1.807) is 19.3 Å². The third-order valence-corrected chi connectivity index (χ3v) is 2.56. The summed E-state index contributed by atoms with van der Waals surface area (Å²) in [6, 6.07) is 7.52. The van der Waals surface area contributed by atoms with E-state index in [9.17, 15) is 0 Å². The molecule has 3 heteroatoms. The molecule has 2 rings (SSSR count). The monoisotopic (exact) mass is 230 g/mol. The molecule has 0 atom stereocenters. The third kappa shape index (κ3) is 2.24. The SMILES string of the molecule is C=Cc1ccc(OC)c(-c2cc(CO)co2)c1. The minimum Gasteiger partial charge on any atom is -0.496 e. The number of ether oxygens (including phenoxy) is 1. The zero-order valence-electron chi connectivity index (χ0n) is 9.64. The molecule has 0 saturated carbocycles. The molecule has 1 aromatic heterocycles. The predicted octanol–water partition coefficient (Wildman–Crippen LogP) is 3.09. The van der Waals surface area contributed by atoms with Gasteiger partial charge < -0.3 is 14.3 Å². The topological polar surface area (TPSA) is 42.6 Å². The fourth-order valence-electron chi connectivity index (χ4n) is 1.64. The Bertz CT molecular complexity index is 526. The van der Waals surface area contributed by atoms with Crippen molar-refractivity contribution in [2.24, 2.45) is 0 Å². The van der Waals surface area contributed by atoms with Gasteiger partial charge in [-0.25, -0.2) is 0 Å². The van der Waals surface area contributed by atoms with E-state index >= 15 is 0 Å². The molecule has 2 aromatic rings. The molecule has 0 amide bonds. The summed E-state index contributed by atoms with van der Waals surface area (Å²) in [4.78, 5) is 0. The van der Waals surface area contributed by atoms with Crippen LogP contribution in [0.5, 0.6) is 5.75 Å². The van der Waals surface area contributed by atoms with E-state index in [1.165, 1.54) is 6.26 Å². The molecule has 0 radical (unpaired) electrons. The third-order valence-electron chi connectivity index (χ3n) is 2.56. The number of hydrogen-bond donors (Lipinski definition) is 1. The summed E-state index contributed by atoms with van der Waals surface area (Å²) in [5.74, 6) is 1.41. The van der Waals surface area contributed by atoms with Crippen molar-refractivity contribution in [3.05, 3.63) is 48.2 Å². The van der Waals surface area contributed by atoms with Gasteiger partial charge in [0.2, 0.25) is 0 Å². The van der Waals surface area contributed by atoms with Crippen LogP contribution in [-0.4, -0.2) is 12.2 Å². The van der Waals surface area contributed by atoms with Crippen molar-refractivity contribution in [1.29, 1.82) is 0 Å². The van der Waals surface area contributed by atoms with Gasteiger partial charge in [0.15, 0.2) is 0 Å². The molecule has 88 valence electrons. The normalized spacial score (nSPS) is 10.2. The molecular formula is C14H14O3. The highest BCUT2D eigenvalue weighted by Crippen LogP contribution is 2.32. The average Bonchev–Trinajstić information content (AvgIpc) is 2.86. The molecule has 1 heterocycles. The molecule has 0 saturated heterocycles. The summed E-state index contributed by atoms with van der Waals surface area (Å²) in [5.41, 5.74) is 2.58. The van der Waals surface area contributed by atoms with Gasteiger partial charge in [0.1, 0.15) is 11.5 Å². The second kappa shape index (κ2) is 4.89. The van der Waals surface area contributed by atoms with Gasteiger partial charge in [0, 0.05) is 5.56 Å². The molecule has 0 aliphatic heterocycles. The Hall–Kier alpha value is -2.00. The van der Waals surface area contributed by atoms with Gasteiger partial charge in [-0.3, -0.25) is 0 Å². The molecule has 0 fully saturated rings. The Morgan fingerprint density at radius 3 is 2.82 bits per heavy atom. The van der Waals surface area contributed by atoms with E-state index in [2.05, 4.69) is 6.58 Å². The summed E-state index contributed by atoms with van der Waals surface area (Å²) in [6.07, 6.45) is 3.30. The summed E-state index contributed by atoms with van der Waals surface area (Å²) in [7, 11) is 1.61. The number of furan rings is 1. The zero-order chi connectivity index (χ0) is 12.3. The lowest BCUT2D eigenvalue weighted by Gasteiger charge is -2.06. The van der Waals surface area contributed by atoms with Gasteiger partial charge >= 0.3 is 0 Å². The first kappa shape index (κ1) is 11.5. The first-order valence-corrected chi connectivity index (χ1v) is 5.27. The maximum atomic E-state index is 9.02. The first-order chi connectivity index (χ1) is 8.28. The molecular weight excluding hydrogens is 216 g/mol. The maximum Gasteiger partial charge on any atom is 0.137 e. The van der Waals surface area contributed by atoms with Crippen LogP contribution in [0.4, 0.5) is 0 Å². The van der Waals surface area contributed by atoms with Crippen LogP contribution in [0, 0.1) is 0 Å². The lowest BCUT2D eigenvalue weighted by Crippen LogP contribution is -1.87. The van der Waals surface area contributed by atoms with Crippen molar-refractivity contribution < 1.29 is 14.3 Å². The Morgan fingerprint density at radius 2 is 2.24 bits per heavy atom. The van der Waals surface area contributed by atoms with E-state index in [0.717, 1.165) is 22.4 Å². The minimum absolute atomic E-state index is 0.0348.